The molecule has 2 heterocycles. The van der Waals surface area contributed by atoms with Gasteiger partial charge in [0.2, 0.25) is 5.91 Å². The highest BCUT2D eigenvalue weighted by Crippen LogP contribution is 2.29. The Labute approximate surface area is 155 Å². The van der Waals surface area contributed by atoms with Crippen molar-refractivity contribution >= 4 is 29.1 Å². The van der Waals surface area contributed by atoms with Crippen LogP contribution in [0.3, 0.4) is 0 Å². The van der Waals surface area contributed by atoms with E-state index in [1.54, 1.807) is 6.07 Å². The Morgan fingerprint density at radius 2 is 2.28 bits per heavy atom. The molecule has 2 N–H and O–H groups in total. The predicted octanol–water partition coefficient (Wildman–Crippen LogP) is 1.47. The first-order valence-corrected chi connectivity index (χ1v) is 8.75. The number of nitrogens with zero attached hydrogens (tertiary/aromatic N) is 3. The van der Waals surface area contributed by atoms with Crippen molar-refractivity contribution in [2.75, 3.05) is 26.2 Å². The topological polar surface area (TPSA) is 81.1 Å². The van der Waals surface area contributed by atoms with E-state index in [0.29, 0.717) is 23.2 Å². The fourth-order valence-electron chi connectivity index (χ4n) is 2.80. The molecule has 0 bridgehead atoms. The summed E-state index contributed by atoms with van der Waals surface area (Å²) < 4.78 is 7.41. The molecule has 0 aliphatic carbocycles. The van der Waals surface area contributed by atoms with Crippen molar-refractivity contribution in [3.8, 4) is 0 Å². The molecular formula is C16H19Cl2N5O2. The summed E-state index contributed by atoms with van der Waals surface area (Å²) in [4.78, 5) is 15.9. The van der Waals surface area contributed by atoms with Crippen molar-refractivity contribution in [1.29, 1.82) is 0 Å². The lowest BCUT2D eigenvalue weighted by Gasteiger charge is -2.25. The Morgan fingerprint density at radius 3 is 3.04 bits per heavy atom. The first kappa shape index (κ1) is 18.1. The number of carbonyl (C=O) groups is 1. The van der Waals surface area contributed by atoms with Gasteiger partial charge in [-0.25, -0.2) is 9.67 Å². The first-order chi connectivity index (χ1) is 12.1. The summed E-state index contributed by atoms with van der Waals surface area (Å²) in [7, 11) is 0. The van der Waals surface area contributed by atoms with Gasteiger partial charge in [-0.1, -0.05) is 29.3 Å². The lowest BCUT2D eigenvalue weighted by Crippen LogP contribution is -2.39. The zero-order valence-electron chi connectivity index (χ0n) is 13.5. The third kappa shape index (κ3) is 4.92. The van der Waals surface area contributed by atoms with Crippen LogP contribution in [0.2, 0.25) is 10.0 Å². The zero-order chi connectivity index (χ0) is 17.6. The summed E-state index contributed by atoms with van der Waals surface area (Å²) in [6.45, 7) is 2.62. The molecule has 7 nitrogen and oxygen atoms in total. The van der Waals surface area contributed by atoms with Crippen molar-refractivity contribution < 1.29 is 9.53 Å². The predicted molar refractivity (Wildman–Crippen MR) is 94.8 cm³/mol. The smallest absolute Gasteiger partial charge is 0.241 e. The van der Waals surface area contributed by atoms with Gasteiger partial charge < -0.3 is 15.4 Å². The minimum atomic E-state index is -0.160. The normalized spacial score (nSPS) is 20.9. The molecule has 0 radical (unpaired) electrons. The molecule has 0 spiro atoms. The summed E-state index contributed by atoms with van der Waals surface area (Å²) in [5, 5.41) is 11.2. The summed E-state index contributed by atoms with van der Waals surface area (Å²) in [5.74, 6) is -0.0804. The average molecular weight is 384 g/mol. The molecule has 1 fully saturated rings. The standard InChI is InChI=1S/C16H19Cl2N5O2/c17-13-2-1-11(5-14(13)18)12-6-19-3-4-25-15(12)7-21-16(24)8-23-10-20-9-22-23/h1-2,5,9-10,12,15,19H,3-4,6-8H2,(H,21,24)/t12-,15-/m1/s1. The molecule has 2 aromatic rings. The second-order valence-corrected chi connectivity index (χ2v) is 6.60. The molecule has 1 saturated heterocycles. The van der Waals surface area contributed by atoms with Crippen LogP contribution in [-0.4, -0.2) is 53.0 Å². The quantitative estimate of drug-likeness (QED) is 0.816. The molecule has 3 rings (SSSR count). The lowest BCUT2D eigenvalue weighted by molar-refractivity contribution is -0.122. The number of halogens is 2. The third-order valence-corrected chi connectivity index (χ3v) is 4.81. The van der Waals surface area contributed by atoms with E-state index in [1.807, 2.05) is 12.1 Å². The largest absolute Gasteiger partial charge is 0.374 e. The van der Waals surface area contributed by atoms with Crippen LogP contribution in [0.15, 0.2) is 30.9 Å². The second kappa shape index (κ2) is 8.62. The maximum Gasteiger partial charge on any atom is 0.241 e. The van der Waals surface area contributed by atoms with Gasteiger partial charge in [0.1, 0.15) is 19.2 Å². The van der Waals surface area contributed by atoms with E-state index in [-0.39, 0.29) is 24.5 Å². The third-order valence-electron chi connectivity index (χ3n) is 4.07. The Balaban J connectivity index is 1.65. The molecule has 0 saturated carbocycles. The van der Waals surface area contributed by atoms with Gasteiger partial charge in [-0.3, -0.25) is 4.79 Å². The van der Waals surface area contributed by atoms with Gasteiger partial charge in [0.15, 0.2) is 0 Å². The molecular weight excluding hydrogens is 365 g/mol. The summed E-state index contributed by atoms with van der Waals surface area (Å²) in [6, 6.07) is 5.58. The molecule has 1 aromatic carbocycles. The number of ether oxygens (including phenoxy) is 1. The van der Waals surface area contributed by atoms with Crippen LogP contribution in [-0.2, 0) is 16.1 Å². The first-order valence-electron chi connectivity index (χ1n) is 8.00. The summed E-state index contributed by atoms with van der Waals surface area (Å²) in [5.41, 5.74) is 1.03. The lowest BCUT2D eigenvalue weighted by atomic mass is 9.93. The number of carbonyl (C=O) groups excluding carboxylic acids is 1. The van der Waals surface area contributed by atoms with E-state index >= 15 is 0 Å². The maximum absolute atomic E-state index is 12.1. The van der Waals surface area contributed by atoms with Crippen LogP contribution >= 0.6 is 23.2 Å². The van der Waals surface area contributed by atoms with Crippen LogP contribution in [0.25, 0.3) is 0 Å². The van der Waals surface area contributed by atoms with Gasteiger partial charge in [0.05, 0.1) is 22.8 Å². The molecule has 134 valence electrons. The van der Waals surface area contributed by atoms with Gasteiger partial charge in [-0.05, 0) is 17.7 Å². The van der Waals surface area contributed by atoms with Crippen LogP contribution < -0.4 is 10.6 Å². The Bertz CT molecular complexity index is 711. The van der Waals surface area contributed by atoms with Crippen LogP contribution in [0.1, 0.15) is 11.5 Å². The number of benzene rings is 1. The van der Waals surface area contributed by atoms with Crippen molar-refractivity contribution in [1.82, 2.24) is 25.4 Å². The van der Waals surface area contributed by atoms with E-state index in [2.05, 4.69) is 20.7 Å². The monoisotopic (exact) mass is 383 g/mol. The number of hydrogen-bond donors (Lipinski definition) is 2. The minimum absolute atomic E-state index is 0.0592. The van der Waals surface area contributed by atoms with Crippen molar-refractivity contribution in [3.63, 3.8) is 0 Å². The Morgan fingerprint density at radius 1 is 1.40 bits per heavy atom. The number of nitrogens with one attached hydrogen (secondary N) is 2. The number of amides is 1. The van der Waals surface area contributed by atoms with Crippen LogP contribution in [0.5, 0.6) is 0 Å². The zero-order valence-corrected chi connectivity index (χ0v) is 15.0. The minimum Gasteiger partial charge on any atom is -0.374 e. The highest BCUT2D eigenvalue weighted by molar-refractivity contribution is 6.42. The van der Waals surface area contributed by atoms with Crippen molar-refractivity contribution in [3.05, 3.63) is 46.5 Å². The van der Waals surface area contributed by atoms with Crippen LogP contribution in [0.4, 0.5) is 0 Å². The van der Waals surface area contributed by atoms with Crippen molar-refractivity contribution in [2.24, 2.45) is 0 Å². The molecule has 25 heavy (non-hydrogen) atoms. The van der Waals surface area contributed by atoms with Gasteiger partial charge >= 0.3 is 0 Å². The number of hydrogen-bond acceptors (Lipinski definition) is 5. The highest BCUT2D eigenvalue weighted by atomic mass is 35.5. The Kier molecular flexibility index (Phi) is 6.25. The van der Waals surface area contributed by atoms with Crippen molar-refractivity contribution in [2.45, 2.75) is 18.6 Å². The highest BCUT2D eigenvalue weighted by Gasteiger charge is 2.27. The average Bonchev–Trinajstić information content (AvgIpc) is 2.98. The van der Waals surface area contributed by atoms with Gasteiger partial charge in [-0.2, -0.15) is 5.10 Å². The molecule has 2 atom stereocenters. The fourth-order valence-corrected chi connectivity index (χ4v) is 3.10. The maximum atomic E-state index is 12.1. The molecule has 1 aliphatic rings. The van der Waals surface area contributed by atoms with E-state index in [4.69, 9.17) is 27.9 Å². The van der Waals surface area contributed by atoms with Gasteiger partial charge in [0.25, 0.3) is 0 Å². The number of aromatic nitrogens is 3. The fraction of sp³-hybridized carbons (Fsp3) is 0.438. The number of rotatable bonds is 5. The van der Waals surface area contributed by atoms with E-state index in [9.17, 15) is 4.79 Å². The molecule has 0 unspecified atom stereocenters. The Hall–Kier alpha value is -1.67. The second-order valence-electron chi connectivity index (χ2n) is 5.79. The van der Waals surface area contributed by atoms with E-state index in [0.717, 1.165) is 18.7 Å². The van der Waals surface area contributed by atoms with E-state index < -0.39 is 0 Å². The molecule has 1 amide bonds. The van der Waals surface area contributed by atoms with Gasteiger partial charge in [0, 0.05) is 25.6 Å². The molecule has 9 heteroatoms. The van der Waals surface area contributed by atoms with Gasteiger partial charge in [-0.15, -0.1) is 0 Å². The molecule has 1 aliphatic heterocycles. The van der Waals surface area contributed by atoms with E-state index in [1.165, 1.54) is 17.3 Å². The summed E-state index contributed by atoms with van der Waals surface area (Å²) >= 11 is 12.2. The van der Waals surface area contributed by atoms with Crippen LogP contribution in [0, 0.1) is 0 Å². The SMILES string of the molecule is O=C(Cn1cncn1)NC[C@H]1OCCNC[C@@H]1c1ccc(Cl)c(Cl)c1. The molecule has 1 aromatic heterocycles. The summed E-state index contributed by atoms with van der Waals surface area (Å²) in [6.07, 6.45) is 2.74.